The van der Waals surface area contributed by atoms with Crippen molar-refractivity contribution in [1.82, 2.24) is 9.62 Å². The molecule has 20 heavy (non-hydrogen) atoms. The van der Waals surface area contributed by atoms with E-state index in [2.05, 4.69) is 27.8 Å². The van der Waals surface area contributed by atoms with Crippen LogP contribution < -0.4 is 5.32 Å². The van der Waals surface area contributed by atoms with Crippen molar-refractivity contribution in [2.75, 3.05) is 25.9 Å². The number of hydrogen-bond acceptors (Lipinski definition) is 3. The van der Waals surface area contributed by atoms with Crippen molar-refractivity contribution >= 4 is 31.9 Å². The minimum Gasteiger partial charge on any atom is -0.351 e. The van der Waals surface area contributed by atoms with Crippen LogP contribution in [0.15, 0.2) is 41.4 Å². The van der Waals surface area contributed by atoms with E-state index in [1.807, 2.05) is 0 Å². The maximum Gasteiger partial charge on any atom is 0.251 e. The van der Waals surface area contributed by atoms with Gasteiger partial charge in [0.2, 0.25) is 10.0 Å². The molecule has 1 aromatic rings. The second-order valence-corrected chi connectivity index (χ2v) is 7.07. The zero-order valence-electron chi connectivity index (χ0n) is 11.2. The molecule has 7 heteroatoms. The van der Waals surface area contributed by atoms with Crippen molar-refractivity contribution in [1.29, 1.82) is 0 Å². The number of rotatable bonds is 7. The van der Waals surface area contributed by atoms with Gasteiger partial charge in [0.25, 0.3) is 5.91 Å². The van der Waals surface area contributed by atoms with Crippen LogP contribution in [0, 0.1) is 0 Å². The minimum absolute atomic E-state index is 0.215. The van der Waals surface area contributed by atoms with Gasteiger partial charge < -0.3 is 5.32 Å². The van der Waals surface area contributed by atoms with Crippen molar-refractivity contribution < 1.29 is 13.2 Å². The van der Waals surface area contributed by atoms with E-state index in [1.54, 1.807) is 24.3 Å². The summed E-state index contributed by atoms with van der Waals surface area (Å²) in [6.07, 6.45) is 2.64. The lowest BCUT2D eigenvalue weighted by Gasteiger charge is -2.18. The molecule has 5 nitrogen and oxygen atoms in total. The number of amides is 1. The maximum atomic E-state index is 11.8. The third-order valence-electron chi connectivity index (χ3n) is 2.55. The molecule has 1 amide bonds. The molecule has 0 atom stereocenters. The fraction of sp³-hybridized carbons (Fsp3) is 0.308. The summed E-state index contributed by atoms with van der Waals surface area (Å²) in [6.45, 7) is 4.21. The van der Waals surface area contributed by atoms with Gasteiger partial charge in [-0.05, 0) is 24.3 Å². The minimum atomic E-state index is -3.29. The van der Waals surface area contributed by atoms with Crippen LogP contribution in [0.5, 0.6) is 0 Å². The van der Waals surface area contributed by atoms with E-state index in [0.717, 1.165) is 10.7 Å². The molecule has 0 unspecified atom stereocenters. The van der Waals surface area contributed by atoms with Crippen molar-refractivity contribution in [2.24, 2.45) is 0 Å². The average Bonchev–Trinajstić information content (AvgIpc) is 2.37. The lowest BCUT2D eigenvalue weighted by atomic mass is 10.2. The SMILES string of the molecule is C=CCN(CCNC(=O)c1ccc(Br)cc1)S(C)(=O)=O. The molecular formula is C13H17BrN2O3S. The van der Waals surface area contributed by atoms with Crippen LogP contribution in [0.4, 0.5) is 0 Å². The highest BCUT2D eigenvalue weighted by atomic mass is 79.9. The molecule has 0 spiro atoms. The Hall–Kier alpha value is -1.18. The maximum absolute atomic E-state index is 11.8. The molecule has 0 radical (unpaired) electrons. The van der Waals surface area contributed by atoms with E-state index < -0.39 is 10.0 Å². The van der Waals surface area contributed by atoms with E-state index >= 15 is 0 Å². The van der Waals surface area contributed by atoms with E-state index in [9.17, 15) is 13.2 Å². The van der Waals surface area contributed by atoms with Gasteiger partial charge in [-0.3, -0.25) is 4.79 Å². The Morgan fingerprint density at radius 3 is 2.50 bits per heavy atom. The average molecular weight is 361 g/mol. The molecule has 0 aliphatic heterocycles. The van der Waals surface area contributed by atoms with Crippen molar-refractivity contribution in [2.45, 2.75) is 0 Å². The summed E-state index contributed by atoms with van der Waals surface area (Å²) < 4.78 is 25.1. The monoisotopic (exact) mass is 360 g/mol. The van der Waals surface area contributed by atoms with Crippen LogP contribution in [0.2, 0.25) is 0 Å². The Balaban J connectivity index is 2.52. The van der Waals surface area contributed by atoms with Crippen LogP contribution >= 0.6 is 15.9 Å². The van der Waals surface area contributed by atoms with Crippen molar-refractivity contribution in [3.63, 3.8) is 0 Å². The molecule has 0 bridgehead atoms. The Labute approximate surface area is 127 Å². The Kier molecular flexibility index (Phi) is 6.38. The summed E-state index contributed by atoms with van der Waals surface area (Å²) in [5.74, 6) is -0.232. The fourth-order valence-electron chi connectivity index (χ4n) is 1.53. The third-order valence-corrected chi connectivity index (χ3v) is 4.35. The first kappa shape index (κ1) is 16.9. The predicted octanol–water partition coefficient (Wildman–Crippen LogP) is 1.63. The second kappa shape index (κ2) is 7.56. The summed E-state index contributed by atoms with van der Waals surface area (Å²) in [4.78, 5) is 11.8. The quantitative estimate of drug-likeness (QED) is 0.751. The van der Waals surface area contributed by atoms with Crippen LogP contribution in [-0.2, 0) is 10.0 Å². The van der Waals surface area contributed by atoms with Gasteiger partial charge in [0.05, 0.1) is 6.26 Å². The molecule has 0 saturated carbocycles. The van der Waals surface area contributed by atoms with Gasteiger partial charge in [-0.25, -0.2) is 8.42 Å². The highest BCUT2D eigenvalue weighted by Crippen LogP contribution is 2.10. The highest BCUT2D eigenvalue weighted by Gasteiger charge is 2.14. The molecule has 0 aliphatic rings. The molecule has 110 valence electrons. The molecule has 0 aliphatic carbocycles. The zero-order chi connectivity index (χ0) is 15.2. The van der Waals surface area contributed by atoms with Crippen molar-refractivity contribution in [3.05, 3.63) is 47.0 Å². The summed E-state index contributed by atoms with van der Waals surface area (Å²) in [5, 5.41) is 2.68. The summed E-state index contributed by atoms with van der Waals surface area (Å²) in [5.41, 5.74) is 0.530. The summed E-state index contributed by atoms with van der Waals surface area (Å²) in [7, 11) is -3.29. The van der Waals surface area contributed by atoms with Gasteiger partial charge in [-0.15, -0.1) is 6.58 Å². The van der Waals surface area contributed by atoms with Gasteiger partial charge in [0, 0.05) is 29.7 Å². The number of benzene rings is 1. The fourth-order valence-corrected chi connectivity index (χ4v) is 2.60. The number of carbonyl (C=O) groups is 1. The Bertz CT molecular complexity index is 570. The van der Waals surface area contributed by atoms with Crippen LogP contribution in [0.3, 0.4) is 0 Å². The Morgan fingerprint density at radius 1 is 1.40 bits per heavy atom. The zero-order valence-corrected chi connectivity index (χ0v) is 13.6. The van der Waals surface area contributed by atoms with E-state index in [0.29, 0.717) is 5.56 Å². The first-order valence-electron chi connectivity index (χ1n) is 5.94. The number of sulfonamides is 1. The highest BCUT2D eigenvalue weighted by molar-refractivity contribution is 9.10. The molecule has 0 fully saturated rings. The number of halogens is 1. The van der Waals surface area contributed by atoms with Crippen molar-refractivity contribution in [3.8, 4) is 0 Å². The van der Waals surface area contributed by atoms with Gasteiger partial charge in [-0.1, -0.05) is 22.0 Å². The smallest absolute Gasteiger partial charge is 0.251 e. The van der Waals surface area contributed by atoms with Gasteiger partial charge in [0.15, 0.2) is 0 Å². The molecule has 1 N–H and O–H groups in total. The molecule has 1 aromatic carbocycles. The normalized spacial score (nSPS) is 11.3. The van der Waals surface area contributed by atoms with Crippen LogP contribution in [0.1, 0.15) is 10.4 Å². The number of nitrogens with one attached hydrogen (secondary N) is 1. The number of carbonyl (C=O) groups excluding carboxylic acids is 1. The van der Waals surface area contributed by atoms with E-state index in [1.165, 1.54) is 10.4 Å². The van der Waals surface area contributed by atoms with Crippen LogP contribution in [0.25, 0.3) is 0 Å². The molecular weight excluding hydrogens is 344 g/mol. The second-order valence-electron chi connectivity index (χ2n) is 4.17. The first-order valence-corrected chi connectivity index (χ1v) is 8.58. The molecule has 0 saturated heterocycles. The van der Waals surface area contributed by atoms with Crippen LogP contribution in [-0.4, -0.2) is 44.5 Å². The lowest BCUT2D eigenvalue weighted by Crippen LogP contribution is -2.38. The van der Waals surface area contributed by atoms with E-state index in [-0.39, 0.29) is 25.5 Å². The Morgan fingerprint density at radius 2 is 2.00 bits per heavy atom. The molecule has 0 heterocycles. The molecule has 0 aromatic heterocycles. The summed E-state index contributed by atoms with van der Waals surface area (Å²) in [6, 6.07) is 6.93. The number of hydrogen-bond donors (Lipinski definition) is 1. The molecule has 1 rings (SSSR count). The largest absolute Gasteiger partial charge is 0.351 e. The van der Waals surface area contributed by atoms with Gasteiger partial charge >= 0.3 is 0 Å². The van der Waals surface area contributed by atoms with Gasteiger partial charge in [0.1, 0.15) is 0 Å². The topological polar surface area (TPSA) is 66.5 Å². The summed E-state index contributed by atoms with van der Waals surface area (Å²) >= 11 is 3.29. The third kappa shape index (κ3) is 5.44. The standard InChI is InChI=1S/C13H17BrN2O3S/c1-3-9-16(20(2,18)19)10-8-15-13(17)11-4-6-12(14)7-5-11/h3-7H,1,8-10H2,2H3,(H,15,17). The predicted molar refractivity (Wildman–Crippen MR) is 83.1 cm³/mol. The number of nitrogens with zero attached hydrogens (tertiary/aromatic N) is 1. The van der Waals surface area contributed by atoms with E-state index in [4.69, 9.17) is 0 Å². The first-order chi connectivity index (χ1) is 9.34. The van der Waals surface area contributed by atoms with Gasteiger partial charge in [-0.2, -0.15) is 4.31 Å². The lowest BCUT2D eigenvalue weighted by molar-refractivity contribution is 0.0952.